The molecule has 0 aliphatic rings. The maximum absolute atomic E-state index is 12.9. The lowest BCUT2D eigenvalue weighted by Gasteiger charge is -2.24. The quantitative estimate of drug-likeness (QED) is 0.161. The molecule has 32 heavy (non-hydrogen) atoms. The number of carboxylic acids is 1. The van der Waals surface area contributed by atoms with Crippen molar-refractivity contribution in [3.8, 4) is 0 Å². The number of benzene rings is 1. The first-order valence-corrected chi connectivity index (χ1v) is 10.4. The highest BCUT2D eigenvalue weighted by molar-refractivity contribution is 5.94. The standard InChI is InChI=1S/C21H33N5O6/c1-13(21(31)32)24-20(30)17(12-27)26-19(29)16(11-14-7-3-2-4-8-14)25-18(28)15(23)9-5-6-10-22/h2-4,7-8,13,15-17,27H,5-6,9-12,22-23H2,1H3,(H,24,30)(H,25,28)(H,26,29)(H,31,32). The van der Waals surface area contributed by atoms with Crippen LogP contribution >= 0.6 is 0 Å². The second-order valence-electron chi connectivity index (χ2n) is 7.45. The molecule has 0 spiro atoms. The molecule has 9 N–H and O–H groups in total. The van der Waals surface area contributed by atoms with E-state index in [1.54, 1.807) is 30.3 Å². The van der Waals surface area contributed by atoms with Gasteiger partial charge in [-0.05, 0) is 31.9 Å². The van der Waals surface area contributed by atoms with Crippen LogP contribution in [0.3, 0.4) is 0 Å². The van der Waals surface area contributed by atoms with Crippen molar-refractivity contribution >= 4 is 23.7 Å². The summed E-state index contributed by atoms with van der Waals surface area (Å²) in [5, 5.41) is 25.6. The molecule has 0 bridgehead atoms. The van der Waals surface area contributed by atoms with E-state index in [4.69, 9.17) is 16.6 Å². The first kappa shape index (κ1) is 27.0. The summed E-state index contributed by atoms with van der Waals surface area (Å²) in [6.45, 7) is 0.980. The predicted molar refractivity (Wildman–Crippen MR) is 117 cm³/mol. The number of hydrogen-bond donors (Lipinski definition) is 7. The van der Waals surface area contributed by atoms with Crippen LogP contribution in [-0.2, 0) is 25.6 Å². The molecule has 0 aliphatic carbocycles. The number of carbonyl (C=O) groups excluding carboxylic acids is 3. The summed E-state index contributed by atoms with van der Waals surface area (Å²) >= 11 is 0. The monoisotopic (exact) mass is 451 g/mol. The van der Waals surface area contributed by atoms with Gasteiger partial charge in [0, 0.05) is 6.42 Å². The third kappa shape index (κ3) is 9.41. The summed E-state index contributed by atoms with van der Waals surface area (Å²) in [6, 6.07) is 4.42. The minimum Gasteiger partial charge on any atom is -0.480 e. The molecule has 178 valence electrons. The Morgan fingerprint density at radius 2 is 1.53 bits per heavy atom. The molecule has 0 radical (unpaired) electrons. The van der Waals surface area contributed by atoms with Crippen LogP contribution in [0, 0.1) is 0 Å². The van der Waals surface area contributed by atoms with Gasteiger partial charge in [-0.1, -0.05) is 36.8 Å². The second kappa shape index (κ2) is 14.1. The maximum Gasteiger partial charge on any atom is 0.325 e. The summed E-state index contributed by atoms with van der Waals surface area (Å²) in [6.07, 6.45) is 1.91. The summed E-state index contributed by atoms with van der Waals surface area (Å²) in [5.41, 5.74) is 12.1. The Balaban J connectivity index is 2.89. The molecular formula is C21H33N5O6. The van der Waals surface area contributed by atoms with Gasteiger partial charge in [0.05, 0.1) is 12.6 Å². The van der Waals surface area contributed by atoms with E-state index < -0.39 is 54.5 Å². The SMILES string of the molecule is CC(NC(=O)C(CO)NC(=O)C(Cc1ccccc1)NC(=O)C(N)CCCCN)C(=O)O. The minimum atomic E-state index is -1.39. The van der Waals surface area contributed by atoms with E-state index in [1.807, 2.05) is 0 Å². The van der Waals surface area contributed by atoms with E-state index >= 15 is 0 Å². The number of rotatable bonds is 14. The topological polar surface area (TPSA) is 197 Å². The number of aliphatic hydroxyl groups excluding tert-OH is 1. The Morgan fingerprint density at radius 1 is 0.938 bits per heavy atom. The van der Waals surface area contributed by atoms with Gasteiger partial charge in [-0.25, -0.2) is 0 Å². The lowest BCUT2D eigenvalue weighted by molar-refractivity contribution is -0.142. The third-order valence-electron chi connectivity index (χ3n) is 4.77. The molecule has 0 aromatic heterocycles. The molecule has 0 saturated heterocycles. The smallest absolute Gasteiger partial charge is 0.325 e. The Kier molecular flexibility index (Phi) is 11.9. The van der Waals surface area contributed by atoms with E-state index in [9.17, 15) is 24.3 Å². The van der Waals surface area contributed by atoms with Crippen LogP contribution in [0.25, 0.3) is 0 Å². The average Bonchev–Trinajstić information content (AvgIpc) is 2.77. The molecule has 0 aliphatic heterocycles. The minimum absolute atomic E-state index is 0.124. The molecule has 4 unspecified atom stereocenters. The van der Waals surface area contributed by atoms with Crippen molar-refractivity contribution in [1.29, 1.82) is 0 Å². The number of aliphatic carboxylic acids is 1. The summed E-state index contributed by atoms with van der Waals surface area (Å²) in [4.78, 5) is 48.5. The highest BCUT2D eigenvalue weighted by Crippen LogP contribution is 2.06. The van der Waals surface area contributed by atoms with Gasteiger partial charge in [-0.2, -0.15) is 0 Å². The summed E-state index contributed by atoms with van der Waals surface area (Å²) < 4.78 is 0. The number of hydrogen-bond acceptors (Lipinski definition) is 7. The Morgan fingerprint density at radius 3 is 2.09 bits per heavy atom. The maximum atomic E-state index is 12.9. The van der Waals surface area contributed by atoms with E-state index in [2.05, 4.69) is 16.0 Å². The first-order valence-electron chi connectivity index (χ1n) is 10.4. The third-order valence-corrected chi connectivity index (χ3v) is 4.77. The van der Waals surface area contributed by atoms with Crippen LogP contribution in [0.1, 0.15) is 31.7 Å². The number of aliphatic hydroxyl groups is 1. The van der Waals surface area contributed by atoms with Crippen LogP contribution in [0.5, 0.6) is 0 Å². The molecule has 11 heteroatoms. The number of amides is 3. The van der Waals surface area contributed by atoms with Gasteiger partial charge in [0.2, 0.25) is 17.7 Å². The van der Waals surface area contributed by atoms with Crippen molar-refractivity contribution in [2.75, 3.05) is 13.2 Å². The fourth-order valence-corrected chi connectivity index (χ4v) is 2.82. The number of nitrogens with one attached hydrogen (secondary N) is 3. The van der Waals surface area contributed by atoms with Gasteiger partial charge in [0.15, 0.2) is 0 Å². The molecular weight excluding hydrogens is 418 g/mol. The Bertz CT molecular complexity index is 760. The molecule has 4 atom stereocenters. The van der Waals surface area contributed by atoms with E-state index in [0.29, 0.717) is 19.4 Å². The van der Waals surface area contributed by atoms with E-state index in [1.165, 1.54) is 6.92 Å². The van der Waals surface area contributed by atoms with E-state index in [0.717, 1.165) is 12.0 Å². The molecule has 1 aromatic rings. The molecule has 1 aromatic carbocycles. The molecule has 0 heterocycles. The molecule has 0 fully saturated rings. The molecule has 0 saturated carbocycles. The number of carbonyl (C=O) groups is 4. The highest BCUT2D eigenvalue weighted by atomic mass is 16.4. The van der Waals surface area contributed by atoms with Crippen LogP contribution in [-0.4, -0.2) is 71.2 Å². The normalized spacial score (nSPS) is 14.5. The average molecular weight is 452 g/mol. The molecule has 1 rings (SSSR count). The largest absolute Gasteiger partial charge is 0.480 e. The first-order chi connectivity index (χ1) is 15.2. The highest BCUT2D eigenvalue weighted by Gasteiger charge is 2.29. The van der Waals surface area contributed by atoms with Gasteiger partial charge in [0.1, 0.15) is 18.1 Å². The van der Waals surface area contributed by atoms with E-state index in [-0.39, 0.29) is 6.42 Å². The van der Waals surface area contributed by atoms with Crippen LogP contribution < -0.4 is 27.4 Å². The van der Waals surface area contributed by atoms with Gasteiger partial charge >= 0.3 is 5.97 Å². The van der Waals surface area contributed by atoms with Crippen LogP contribution in [0.2, 0.25) is 0 Å². The van der Waals surface area contributed by atoms with Crippen molar-refractivity contribution in [2.45, 2.75) is 56.8 Å². The van der Waals surface area contributed by atoms with Crippen molar-refractivity contribution < 1.29 is 29.4 Å². The lowest BCUT2D eigenvalue weighted by atomic mass is 10.0. The second-order valence-corrected chi connectivity index (χ2v) is 7.45. The van der Waals surface area contributed by atoms with Gasteiger partial charge < -0.3 is 37.6 Å². The van der Waals surface area contributed by atoms with Crippen molar-refractivity contribution in [2.24, 2.45) is 11.5 Å². The van der Waals surface area contributed by atoms with Crippen molar-refractivity contribution in [3.05, 3.63) is 35.9 Å². The number of nitrogens with two attached hydrogens (primary N) is 2. The van der Waals surface area contributed by atoms with Gasteiger partial charge in [-0.3, -0.25) is 19.2 Å². The number of unbranched alkanes of at least 4 members (excludes halogenated alkanes) is 1. The fourth-order valence-electron chi connectivity index (χ4n) is 2.82. The van der Waals surface area contributed by atoms with Crippen molar-refractivity contribution in [1.82, 2.24) is 16.0 Å². The van der Waals surface area contributed by atoms with Gasteiger partial charge in [-0.15, -0.1) is 0 Å². The predicted octanol–water partition coefficient (Wildman–Crippen LogP) is -1.76. The number of carboxylic acid groups (broad SMARTS) is 1. The molecule has 11 nitrogen and oxygen atoms in total. The Hall–Kier alpha value is -3.02. The lowest BCUT2D eigenvalue weighted by Crippen LogP contribution is -2.58. The van der Waals surface area contributed by atoms with Crippen molar-refractivity contribution in [3.63, 3.8) is 0 Å². The fraction of sp³-hybridized carbons (Fsp3) is 0.524. The Labute approximate surface area is 186 Å². The van der Waals surface area contributed by atoms with Crippen LogP contribution in [0.4, 0.5) is 0 Å². The zero-order valence-electron chi connectivity index (χ0n) is 18.1. The van der Waals surface area contributed by atoms with Crippen LogP contribution in [0.15, 0.2) is 30.3 Å². The summed E-state index contributed by atoms with van der Waals surface area (Å²) in [7, 11) is 0. The van der Waals surface area contributed by atoms with Gasteiger partial charge in [0.25, 0.3) is 0 Å². The zero-order chi connectivity index (χ0) is 24.1. The molecule has 3 amide bonds. The summed E-state index contributed by atoms with van der Waals surface area (Å²) in [5.74, 6) is -3.37. The zero-order valence-corrected chi connectivity index (χ0v) is 18.1.